The molecule has 0 aliphatic rings. The maximum absolute atomic E-state index is 4.29. The summed E-state index contributed by atoms with van der Waals surface area (Å²) >= 11 is 0. The van der Waals surface area contributed by atoms with Gasteiger partial charge in [0.25, 0.3) is 0 Å². The molecule has 1 aromatic carbocycles. The quantitative estimate of drug-likeness (QED) is 0.702. The molecule has 0 radical (unpaired) electrons. The molecule has 3 rings (SSSR count). The number of hydrogen-bond acceptors (Lipinski definition) is 4. The molecule has 0 N–H and O–H groups in total. The largest absolute Gasteiger partial charge is 0.313 e. The molecule has 0 saturated carbocycles. The van der Waals surface area contributed by atoms with E-state index in [1.165, 1.54) is 5.56 Å². The standard InChI is InChI=1S/C17H22N6/c1-13(2)22-12-18-20-17(22)14(3)23-11-16(19-21-23)10-9-15-7-5-4-6-8-15/h4-8,11-14H,9-10H2,1-3H3. The van der Waals surface area contributed by atoms with Gasteiger partial charge in [-0.05, 0) is 39.2 Å². The van der Waals surface area contributed by atoms with Gasteiger partial charge in [-0.1, -0.05) is 35.5 Å². The van der Waals surface area contributed by atoms with Crippen molar-refractivity contribution >= 4 is 0 Å². The van der Waals surface area contributed by atoms with Crippen molar-refractivity contribution in [2.75, 3.05) is 0 Å². The maximum atomic E-state index is 4.29. The van der Waals surface area contributed by atoms with Crippen molar-refractivity contribution < 1.29 is 0 Å². The van der Waals surface area contributed by atoms with Crippen LogP contribution in [0.15, 0.2) is 42.9 Å². The lowest BCUT2D eigenvalue weighted by molar-refractivity contribution is 0.468. The van der Waals surface area contributed by atoms with E-state index in [9.17, 15) is 0 Å². The molecule has 1 unspecified atom stereocenters. The van der Waals surface area contributed by atoms with Crippen LogP contribution in [0.1, 0.15) is 49.9 Å². The Balaban J connectivity index is 1.70. The van der Waals surface area contributed by atoms with Crippen LogP contribution in [0, 0.1) is 0 Å². The Morgan fingerprint density at radius 3 is 2.52 bits per heavy atom. The number of nitrogens with zero attached hydrogens (tertiary/aromatic N) is 6. The summed E-state index contributed by atoms with van der Waals surface area (Å²) in [7, 11) is 0. The minimum absolute atomic E-state index is 0.0119. The van der Waals surface area contributed by atoms with Gasteiger partial charge < -0.3 is 4.57 Å². The highest BCUT2D eigenvalue weighted by molar-refractivity contribution is 5.16. The van der Waals surface area contributed by atoms with E-state index in [1.54, 1.807) is 6.33 Å². The van der Waals surface area contributed by atoms with E-state index in [-0.39, 0.29) is 6.04 Å². The van der Waals surface area contributed by atoms with Gasteiger partial charge in [0.2, 0.25) is 0 Å². The van der Waals surface area contributed by atoms with E-state index in [2.05, 4.69) is 70.1 Å². The van der Waals surface area contributed by atoms with Crippen molar-refractivity contribution in [3.8, 4) is 0 Å². The zero-order chi connectivity index (χ0) is 16.2. The van der Waals surface area contributed by atoms with Crippen LogP contribution in [-0.2, 0) is 12.8 Å². The smallest absolute Gasteiger partial charge is 0.157 e. The Morgan fingerprint density at radius 2 is 1.78 bits per heavy atom. The minimum atomic E-state index is 0.0119. The van der Waals surface area contributed by atoms with Crippen LogP contribution in [0.2, 0.25) is 0 Å². The average Bonchev–Trinajstić information content (AvgIpc) is 3.22. The summed E-state index contributed by atoms with van der Waals surface area (Å²) in [6.45, 7) is 6.30. The van der Waals surface area contributed by atoms with Gasteiger partial charge in [-0.3, -0.25) is 0 Å². The first-order chi connectivity index (χ1) is 11.1. The topological polar surface area (TPSA) is 61.4 Å². The summed E-state index contributed by atoms with van der Waals surface area (Å²) in [4.78, 5) is 0. The third kappa shape index (κ3) is 3.47. The molecule has 3 aromatic rings. The fourth-order valence-corrected chi connectivity index (χ4v) is 2.60. The predicted octanol–water partition coefficient (Wildman–Crippen LogP) is 2.85. The summed E-state index contributed by atoms with van der Waals surface area (Å²) in [5.41, 5.74) is 2.31. The third-order valence-corrected chi connectivity index (χ3v) is 4.00. The second-order valence-electron chi connectivity index (χ2n) is 6.04. The number of hydrogen-bond donors (Lipinski definition) is 0. The molecule has 0 aliphatic heterocycles. The number of aromatic nitrogens is 6. The SMILES string of the molecule is CC(c1nncn1C(C)C)n1cc(CCc2ccccc2)nn1. The van der Waals surface area contributed by atoms with Crippen molar-refractivity contribution in [2.45, 2.75) is 45.7 Å². The molecule has 120 valence electrons. The number of benzene rings is 1. The summed E-state index contributed by atoms with van der Waals surface area (Å²) < 4.78 is 3.93. The van der Waals surface area contributed by atoms with Gasteiger partial charge in [0.05, 0.1) is 5.69 Å². The second-order valence-corrected chi connectivity index (χ2v) is 6.04. The molecule has 6 heteroatoms. The Hall–Kier alpha value is -2.50. The van der Waals surface area contributed by atoms with Crippen molar-refractivity contribution in [3.05, 3.63) is 59.9 Å². The van der Waals surface area contributed by atoms with Crippen LogP contribution < -0.4 is 0 Å². The summed E-state index contributed by atoms with van der Waals surface area (Å²) in [5.74, 6) is 0.902. The molecule has 0 spiro atoms. The van der Waals surface area contributed by atoms with Crippen LogP contribution in [0.4, 0.5) is 0 Å². The molecule has 0 bridgehead atoms. The highest BCUT2D eigenvalue weighted by Gasteiger charge is 2.18. The van der Waals surface area contributed by atoms with Gasteiger partial charge in [-0.15, -0.1) is 15.3 Å². The van der Waals surface area contributed by atoms with E-state index in [0.717, 1.165) is 24.4 Å². The first kappa shape index (κ1) is 15.4. The molecule has 1 atom stereocenters. The van der Waals surface area contributed by atoms with Crippen molar-refractivity contribution in [1.82, 2.24) is 29.8 Å². The molecule has 0 fully saturated rings. The van der Waals surface area contributed by atoms with E-state index in [0.29, 0.717) is 6.04 Å². The Labute approximate surface area is 136 Å². The average molecular weight is 310 g/mol. The fraction of sp³-hybridized carbons (Fsp3) is 0.412. The van der Waals surface area contributed by atoms with E-state index >= 15 is 0 Å². The Morgan fingerprint density at radius 1 is 1.00 bits per heavy atom. The molecule has 0 aliphatic carbocycles. The van der Waals surface area contributed by atoms with Gasteiger partial charge in [0, 0.05) is 12.2 Å². The summed E-state index contributed by atoms with van der Waals surface area (Å²) in [6, 6.07) is 10.8. The summed E-state index contributed by atoms with van der Waals surface area (Å²) in [5, 5.41) is 16.8. The third-order valence-electron chi connectivity index (χ3n) is 4.00. The normalized spacial score (nSPS) is 12.7. The molecule has 2 heterocycles. The molecule has 6 nitrogen and oxygen atoms in total. The van der Waals surface area contributed by atoms with Gasteiger partial charge in [0.15, 0.2) is 5.82 Å². The van der Waals surface area contributed by atoms with Gasteiger partial charge in [-0.25, -0.2) is 4.68 Å². The highest BCUT2D eigenvalue weighted by Crippen LogP contribution is 2.18. The van der Waals surface area contributed by atoms with Crippen molar-refractivity contribution in [1.29, 1.82) is 0 Å². The number of aryl methyl sites for hydroxylation is 2. The first-order valence-electron chi connectivity index (χ1n) is 7.99. The molecule has 0 amide bonds. The Bertz CT molecular complexity index is 743. The molecule has 2 aromatic heterocycles. The van der Waals surface area contributed by atoms with Crippen LogP contribution >= 0.6 is 0 Å². The summed E-state index contributed by atoms with van der Waals surface area (Å²) in [6.07, 6.45) is 5.63. The van der Waals surface area contributed by atoms with E-state index in [4.69, 9.17) is 0 Å². The molecule has 0 saturated heterocycles. The lowest BCUT2D eigenvalue weighted by Crippen LogP contribution is -2.15. The first-order valence-corrected chi connectivity index (χ1v) is 7.99. The van der Waals surface area contributed by atoms with Gasteiger partial charge in [0.1, 0.15) is 12.4 Å². The van der Waals surface area contributed by atoms with Crippen LogP contribution in [0.5, 0.6) is 0 Å². The van der Waals surface area contributed by atoms with Crippen LogP contribution in [-0.4, -0.2) is 29.8 Å². The molecular weight excluding hydrogens is 288 g/mol. The number of rotatable bonds is 6. The van der Waals surface area contributed by atoms with Crippen LogP contribution in [0.25, 0.3) is 0 Å². The molecular formula is C17H22N6. The fourth-order valence-electron chi connectivity index (χ4n) is 2.60. The van der Waals surface area contributed by atoms with Crippen molar-refractivity contribution in [3.63, 3.8) is 0 Å². The zero-order valence-corrected chi connectivity index (χ0v) is 13.8. The zero-order valence-electron chi connectivity index (χ0n) is 13.8. The van der Waals surface area contributed by atoms with Crippen molar-refractivity contribution in [2.24, 2.45) is 0 Å². The minimum Gasteiger partial charge on any atom is -0.313 e. The van der Waals surface area contributed by atoms with E-state index in [1.807, 2.05) is 16.9 Å². The van der Waals surface area contributed by atoms with Gasteiger partial charge >= 0.3 is 0 Å². The lowest BCUT2D eigenvalue weighted by atomic mass is 10.1. The second kappa shape index (κ2) is 6.73. The maximum Gasteiger partial charge on any atom is 0.157 e. The molecule has 23 heavy (non-hydrogen) atoms. The van der Waals surface area contributed by atoms with E-state index < -0.39 is 0 Å². The Kier molecular flexibility index (Phi) is 4.50. The lowest BCUT2D eigenvalue weighted by Gasteiger charge is -2.15. The monoisotopic (exact) mass is 310 g/mol. The highest BCUT2D eigenvalue weighted by atomic mass is 15.4. The van der Waals surface area contributed by atoms with Crippen LogP contribution in [0.3, 0.4) is 0 Å². The predicted molar refractivity (Wildman–Crippen MR) is 88.1 cm³/mol. The van der Waals surface area contributed by atoms with Gasteiger partial charge in [-0.2, -0.15) is 0 Å².